The average Bonchev–Trinajstić information content (AvgIpc) is 2.74. The maximum Gasteiger partial charge on any atom is 0.419 e. The van der Waals surface area contributed by atoms with Crippen LogP contribution in [0.4, 0.5) is 24.7 Å². The molecule has 1 fully saturated rings. The van der Waals surface area contributed by atoms with E-state index in [0.29, 0.717) is 30.6 Å². The Morgan fingerprint density at radius 3 is 2.70 bits per heavy atom. The molecule has 1 atom stereocenters. The van der Waals surface area contributed by atoms with Gasteiger partial charge in [0, 0.05) is 19.3 Å². The van der Waals surface area contributed by atoms with Gasteiger partial charge in [-0.3, -0.25) is 4.79 Å². The van der Waals surface area contributed by atoms with Crippen molar-refractivity contribution in [3.8, 4) is 0 Å². The van der Waals surface area contributed by atoms with Gasteiger partial charge in [0.05, 0.1) is 29.8 Å². The van der Waals surface area contributed by atoms with E-state index < -0.39 is 23.6 Å². The van der Waals surface area contributed by atoms with Crippen LogP contribution in [0.15, 0.2) is 36.5 Å². The Kier molecular flexibility index (Phi) is 6.28. The summed E-state index contributed by atoms with van der Waals surface area (Å²) in [4.78, 5) is 30.3. The van der Waals surface area contributed by atoms with Crippen LogP contribution in [0.25, 0.3) is 0 Å². The number of aryl methyl sites for hydroxylation is 1. The molecule has 0 aliphatic carbocycles. The molecule has 160 valence electrons. The minimum absolute atomic E-state index is 0.103. The fourth-order valence-electron chi connectivity index (χ4n) is 3.59. The smallest absolute Gasteiger partial charge is 0.419 e. The van der Waals surface area contributed by atoms with Crippen LogP contribution in [0.5, 0.6) is 0 Å². The van der Waals surface area contributed by atoms with E-state index in [9.17, 15) is 22.8 Å². The first-order valence-corrected chi connectivity index (χ1v) is 9.48. The maximum atomic E-state index is 13.4. The van der Waals surface area contributed by atoms with E-state index in [1.54, 1.807) is 25.1 Å². The number of amides is 1. The molecule has 3 rings (SSSR count). The minimum atomic E-state index is -4.53. The van der Waals surface area contributed by atoms with Gasteiger partial charge in [0.1, 0.15) is 5.82 Å². The number of nitrogens with zero attached hydrogens (tertiary/aromatic N) is 2. The summed E-state index contributed by atoms with van der Waals surface area (Å²) in [6.07, 6.45) is -2.15. The van der Waals surface area contributed by atoms with Crippen LogP contribution in [0.1, 0.15) is 34.3 Å². The number of halogens is 3. The first-order chi connectivity index (χ1) is 14.2. The summed E-state index contributed by atoms with van der Waals surface area (Å²) < 4.78 is 44.8. The van der Waals surface area contributed by atoms with Gasteiger partial charge in [-0.1, -0.05) is 12.1 Å². The molecule has 0 spiro atoms. The largest absolute Gasteiger partial charge is 0.465 e. The van der Waals surface area contributed by atoms with Gasteiger partial charge in [0.25, 0.3) is 0 Å². The Hall–Kier alpha value is -3.10. The number of para-hydroxylation sites is 1. The van der Waals surface area contributed by atoms with Crippen LogP contribution in [0, 0.1) is 12.8 Å². The number of pyridine rings is 1. The number of hydrogen-bond acceptors (Lipinski definition) is 5. The van der Waals surface area contributed by atoms with Gasteiger partial charge in [-0.2, -0.15) is 13.2 Å². The summed E-state index contributed by atoms with van der Waals surface area (Å²) in [6, 6.07) is 7.21. The summed E-state index contributed by atoms with van der Waals surface area (Å²) in [6.45, 7) is 2.23. The molecule has 1 aliphatic rings. The summed E-state index contributed by atoms with van der Waals surface area (Å²) in [5.41, 5.74) is 0.434. The van der Waals surface area contributed by atoms with Crippen LogP contribution >= 0.6 is 0 Å². The third-order valence-electron chi connectivity index (χ3n) is 5.11. The van der Waals surface area contributed by atoms with Gasteiger partial charge in [-0.15, -0.1) is 0 Å². The quantitative estimate of drug-likeness (QED) is 0.755. The zero-order valence-electron chi connectivity index (χ0n) is 16.6. The number of hydrogen-bond donors (Lipinski definition) is 1. The lowest BCUT2D eigenvalue weighted by Crippen LogP contribution is -2.42. The molecular weight excluding hydrogens is 399 g/mol. The lowest BCUT2D eigenvalue weighted by Gasteiger charge is -2.34. The van der Waals surface area contributed by atoms with E-state index >= 15 is 0 Å². The number of rotatable bonds is 4. The molecular formula is C21H22F3N3O3. The number of ether oxygens (including phenoxy) is 1. The Labute approximate surface area is 172 Å². The predicted molar refractivity (Wildman–Crippen MR) is 105 cm³/mol. The fourth-order valence-corrected chi connectivity index (χ4v) is 3.59. The lowest BCUT2D eigenvalue weighted by atomic mass is 9.96. The highest BCUT2D eigenvalue weighted by molar-refractivity contribution is 6.02. The fraction of sp³-hybridized carbons (Fsp3) is 0.381. The number of esters is 1. The highest BCUT2D eigenvalue weighted by atomic mass is 19.4. The second kappa shape index (κ2) is 8.73. The van der Waals surface area contributed by atoms with Crippen molar-refractivity contribution in [1.29, 1.82) is 0 Å². The summed E-state index contributed by atoms with van der Waals surface area (Å²) >= 11 is 0. The van der Waals surface area contributed by atoms with Gasteiger partial charge in [0.2, 0.25) is 5.91 Å². The van der Waals surface area contributed by atoms with Crippen LogP contribution in [0.3, 0.4) is 0 Å². The van der Waals surface area contributed by atoms with Crippen molar-refractivity contribution >= 4 is 23.4 Å². The topological polar surface area (TPSA) is 71.5 Å². The number of benzene rings is 1. The molecule has 0 saturated carbocycles. The van der Waals surface area contributed by atoms with Crippen molar-refractivity contribution in [1.82, 2.24) is 4.98 Å². The van der Waals surface area contributed by atoms with Gasteiger partial charge in [-0.25, -0.2) is 9.78 Å². The summed E-state index contributed by atoms with van der Waals surface area (Å²) in [5, 5.41) is 2.77. The van der Waals surface area contributed by atoms with E-state index in [0.717, 1.165) is 6.07 Å². The van der Waals surface area contributed by atoms with Gasteiger partial charge < -0.3 is 15.0 Å². The zero-order valence-corrected chi connectivity index (χ0v) is 16.6. The van der Waals surface area contributed by atoms with Crippen molar-refractivity contribution in [3.05, 3.63) is 53.2 Å². The third-order valence-corrected chi connectivity index (χ3v) is 5.11. The molecule has 9 heteroatoms. The molecule has 1 aromatic carbocycles. The third kappa shape index (κ3) is 4.55. The van der Waals surface area contributed by atoms with Crippen LogP contribution < -0.4 is 10.2 Å². The first-order valence-electron chi connectivity index (χ1n) is 9.48. The molecule has 1 saturated heterocycles. The molecule has 1 aliphatic heterocycles. The molecule has 30 heavy (non-hydrogen) atoms. The number of aromatic nitrogens is 1. The minimum Gasteiger partial charge on any atom is -0.465 e. The molecule has 1 aromatic heterocycles. The maximum absolute atomic E-state index is 13.4. The van der Waals surface area contributed by atoms with Crippen molar-refractivity contribution in [2.24, 2.45) is 5.92 Å². The van der Waals surface area contributed by atoms with Crippen LogP contribution in [0.2, 0.25) is 0 Å². The number of methoxy groups -OCH3 is 1. The Morgan fingerprint density at radius 1 is 1.23 bits per heavy atom. The number of piperidine rings is 1. The second-order valence-corrected chi connectivity index (χ2v) is 7.14. The standard InChI is InChI=1S/C21H22F3N3O3/c1-13-6-3-8-15(20(29)30-2)17(13)26-19(28)14-7-5-11-27(12-14)18-16(21(22,23)24)9-4-10-25-18/h3-4,6,8-10,14H,5,7,11-12H2,1-2H3,(H,26,28). The number of alkyl halides is 3. The predicted octanol–water partition coefficient (Wildman–Crippen LogP) is 4.05. The van der Waals surface area contributed by atoms with E-state index in [1.165, 1.54) is 24.3 Å². The van der Waals surface area contributed by atoms with Crippen molar-refractivity contribution < 1.29 is 27.5 Å². The highest BCUT2D eigenvalue weighted by Gasteiger charge is 2.37. The van der Waals surface area contributed by atoms with E-state index in [-0.39, 0.29) is 23.8 Å². The van der Waals surface area contributed by atoms with Crippen LogP contribution in [-0.4, -0.2) is 37.1 Å². The van der Waals surface area contributed by atoms with E-state index in [1.807, 2.05) is 0 Å². The second-order valence-electron chi connectivity index (χ2n) is 7.14. The molecule has 2 aromatic rings. The number of carbonyl (C=O) groups is 2. The summed E-state index contributed by atoms with van der Waals surface area (Å²) in [7, 11) is 1.25. The SMILES string of the molecule is COC(=O)c1cccc(C)c1NC(=O)C1CCCN(c2ncccc2C(F)(F)F)C1. The Balaban J connectivity index is 1.81. The number of nitrogens with one attached hydrogen (secondary N) is 1. The van der Waals surface area contributed by atoms with Crippen molar-refractivity contribution in [3.63, 3.8) is 0 Å². The molecule has 6 nitrogen and oxygen atoms in total. The molecule has 1 amide bonds. The highest BCUT2D eigenvalue weighted by Crippen LogP contribution is 2.36. The van der Waals surface area contributed by atoms with Crippen molar-refractivity contribution in [2.45, 2.75) is 25.9 Å². The average molecular weight is 421 g/mol. The van der Waals surface area contributed by atoms with Gasteiger partial charge in [-0.05, 0) is 43.5 Å². The molecule has 1 N–H and O–H groups in total. The van der Waals surface area contributed by atoms with E-state index in [2.05, 4.69) is 10.3 Å². The Morgan fingerprint density at radius 2 is 2.00 bits per heavy atom. The zero-order chi connectivity index (χ0) is 21.9. The molecule has 1 unspecified atom stereocenters. The monoisotopic (exact) mass is 421 g/mol. The summed E-state index contributed by atoms with van der Waals surface area (Å²) in [5.74, 6) is -1.66. The van der Waals surface area contributed by atoms with Gasteiger partial charge >= 0.3 is 12.1 Å². The first kappa shape index (κ1) is 21.6. The number of anilines is 2. The van der Waals surface area contributed by atoms with Crippen LogP contribution in [-0.2, 0) is 15.7 Å². The number of carbonyl (C=O) groups excluding carboxylic acids is 2. The lowest BCUT2D eigenvalue weighted by molar-refractivity contribution is -0.137. The van der Waals surface area contributed by atoms with Crippen molar-refractivity contribution in [2.75, 3.05) is 30.4 Å². The molecule has 2 heterocycles. The van der Waals surface area contributed by atoms with E-state index in [4.69, 9.17) is 4.74 Å². The normalized spacial score (nSPS) is 16.8. The van der Waals surface area contributed by atoms with Gasteiger partial charge in [0.15, 0.2) is 0 Å². The molecule has 0 radical (unpaired) electrons. The molecule has 0 bridgehead atoms. The Bertz CT molecular complexity index is 947.